The summed E-state index contributed by atoms with van der Waals surface area (Å²) in [5.41, 5.74) is 9.40. The van der Waals surface area contributed by atoms with E-state index in [2.05, 4.69) is 5.32 Å². The third-order valence-electron chi connectivity index (χ3n) is 3.72. The molecule has 0 aliphatic carbocycles. The number of carbonyl (C=O) groups is 1. The first-order valence-electron chi connectivity index (χ1n) is 7.86. The van der Waals surface area contributed by atoms with Gasteiger partial charge in [0.1, 0.15) is 0 Å². The molecule has 1 aliphatic rings. The third kappa shape index (κ3) is 3.71. The van der Waals surface area contributed by atoms with E-state index in [4.69, 9.17) is 19.9 Å². The number of esters is 1. The van der Waals surface area contributed by atoms with Crippen LogP contribution in [0.5, 0.6) is 11.5 Å². The number of benzene rings is 2. The van der Waals surface area contributed by atoms with Crippen LogP contribution < -0.4 is 20.5 Å². The first-order chi connectivity index (χ1) is 11.7. The highest BCUT2D eigenvalue weighted by molar-refractivity contribution is 5.77. The summed E-state index contributed by atoms with van der Waals surface area (Å²) >= 11 is 0. The van der Waals surface area contributed by atoms with Gasteiger partial charge in [0.2, 0.25) is 6.79 Å². The number of ether oxygens (including phenoxy) is 3. The van der Waals surface area contributed by atoms with Crippen molar-refractivity contribution in [1.82, 2.24) is 0 Å². The van der Waals surface area contributed by atoms with Crippen LogP contribution in [0.2, 0.25) is 0 Å². The summed E-state index contributed by atoms with van der Waals surface area (Å²) in [7, 11) is 0. The molecule has 126 valence electrons. The molecule has 6 heteroatoms. The fourth-order valence-corrected chi connectivity index (χ4v) is 2.36. The second kappa shape index (κ2) is 7.12. The SMILES string of the molecule is CCC(=O)OCCc1ccc(Nc2cc3c(cc2N)OCO3)cc1. The van der Waals surface area contributed by atoms with Gasteiger partial charge in [0.25, 0.3) is 0 Å². The van der Waals surface area contributed by atoms with Crippen molar-refractivity contribution in [2.75, 3.05) is 24.5 Å². The lowest BCUT2D eigenvalue weighted by Crippen LogP contribution is -2.06. The lowest BCUT2D eigenvalue weighted by Gasteiger charge is -2.11. The molecular formula is C18H20N2O4. The molecule has 1 aliphatic heterocycles. The maximum absolute atomic E-state index is 11.1. The van der Waals surface area contributed by atoms with E-state index in [-0.39, 0.29) is 12.8 Å². The van der Waals surface area contributed by atoms with Crippen LogP contribution in [-0.4, -0.2) is 19.4 Å². The normalized spacial score (nSPS) is 12.0. The van der Waals surface area contributed by atoms with Crippen LogP contribution in [0.25, 0.3) is 0 Å². The Morgan fingerprint density at radius 3 is 2.62 bits per heavy atom. The molecule has 0 spiro atoms. The predicted octanol–water partition coefficient (Wildman–Crippen LogP) is 3.24. The lowest BCUT2D eigenvalue weighted by atomic mass is 10.1. The molecule has 6 nitrogen and oxygen atoms in total. The first kappa shape index (κ1) is 16.0. The smallest absolute Gasteiger partial charge is 0.305 e. The van der Waals surface area contributed by atoms with Gasteiger partial charge in [-0.2, -0.15) is 0 Å². The maximum Gasteiger partial charge on any atom is 0.305 e. The minimum atomic E-state index is -0.174. The summed E-state index contributed by atoms with van der Waals surface area (Å²) in [4.78, 5) is 11.1. The minimum Gasteiger partial charge on any atom is -0.465 e. The van der Waals surface area contributed by atoms with Crippen molar-refractivity contribution in [2.24, 2.45) is 0 Å². The quantitative estimate of drug-likeness (QED) is 0.626. The number of nitrogen functional groups attached to an aromatic ring is 1. The van der Waals surface area contributed by atoms with E-state index in [0.717, 1.165) is 16.9 Å². The summed E-state index contributed by atoms with van der Waals surface area (Å²) in [5, 5.41) is 3.27. The van der Waals surface area contributed by atoms with Crippen molar-refractivity contribution < 1.29 is 19.0 Å². The first-order valence-corrected chi connectivity index (χ1v) is 7.86. The van der Waals surface area contributed by atoms with Crippen LogP contribution in [0.3, 0.4) is 0 Å². The number of fused-ring (bicyclic) bond motifs is 1. The molecule has 0 amide bonds. The largest absolute Gasteiger partial charge is 0.465 e. The molecule has 3 rings (SSSR count). The lowest BCUT2D eigenvalue weighted by molar-refractivity contribution is -0.143. The van der Waals surface area contributed by atoms with Gasteiger partial charge in [0, 0.05) is 30.7 Å². The van der Waals surface area contributed by atoms with Crippen LogP contribution in [0.4, 0.5) is 17.1 Å². The molecule has 2 aromatic rings. The third-order valence-corrected chi connectivity index (χ3v) is 3.72. The summed E-state index contributed by atoms with van der Waals surface area (Å²) in [6, 6.07) is 11.5. The van der Waals surface area contributed by atoms with E-state index in [0.29, 0.717) is 36.6 Å². The van der Waals surface area contributed by atoms with Crippen LogP contribution in [0.1, 0.15) is 18.9 Å². The predicted molar refractivity (Wildman–Crippen MR) is 91.7 cm³/mol. The molecule has 0 unspecified atom stereocenters. The highest BCUT2D eigenvalue weighted by Gasteiger charge is 2.16. The molecular weight excluding hydrogens is 308 g/mol. The average Bonchev–Trinajstić information content (AvgIpc) is 3.03. The monoisotopic (exact) mass is 328 g/mol. The maximum atomic E-state index is 11.1. The fourth-order valence-electron chi connectivity index (χ4n) is 2.36. The Kier molecular flexibility index (Phi) is 4.74. The van der Waals surface area contributed by atoms with Gasteiger partial charge in [0.05, 0.1) is 18.0 Å². The summed E-state index contributed by atoms with van der Waals surface area (Å²) < 4.78 is 15.7. The van der Waals surface area contributed by atoms with E-state index in [9.17, 15) is 4.79 Å². The van der Waals surface area contributed by atoms with Gasteiger partial charge >= 0.3 is 5.97 Å². The molecule has 24 heavy (non-hydrogen) atoms. The van der Waals surface area contributed by atoms with E-state index in [1.807, 2.05) is 30.3 Å². The molecule has 0 bridgehead atoms. The number of rotatable bonds is 6. The van der Waals surface area contributed by atoms with Crippen molar-refractivity contribution in [3.63, 3.8) is 0 Å². The summed E-state index contributed by atoms with van der Waals surface area (Å²) in [5.74, 6) is 1.17. The Morgan fingerprint density at radius 1 is 1.21 bits per heavy atom. The molecule has 0 fully saturated rings. The summed E-state index contributed by atoms with van der Waals surface area (Å²) in [6.45, 7) is 2.40. The van der Waals surface area contributed by atoms with Crippen molar-refractivity contribution in [3.05, 3.63) is 42.0 Å². The van der Waals surface area contributed by atoms with Gasteiger partial charge in [-0.1, -0.05) is 19.1 Å². The van der Waals surface area contributed by atoms with Gasteiger partial charge in [-0.3, -0.25) is 4.79 Å². The van der Waals surface area contributed by atoms with Crippen LogP contribution >= 0.6 is 0 Å². The Balaban J connectivity index is 1.61. The van der Waals surface area contributed by atoms with Gasteiger partial charge in [-0.05, 0) is 17.7 Å². The zero-order valence-corrected chi connectivity index (χ0v) is 13.5. The van der Waals surface area contributed by atoms with E-state index in [1.165, 1.54) is 0 Å². The van der Waals surface area contributed by atoms with Gasteiger partial charge < -0.3 is 25.3 Å². The Morgan fingerprint density at radius 2 is 1.92 bits per heavy atom. The number of carbonyl (C=O) groups excluding carboxylic acids is 1. The number of hydrogen-bond donors (Lipinski definition) is 2. The van der Waals surface area contributed by atoms with E-state index >= 15 is 0 Å². The van der Waals surface area contributed by atoms with Crippen molar-refractivity contribution in [2.45, 2.75) is 19.8 Å². The van der Waals surface area contributed by atoms with E-state index in [1.54, 1.807) is 13.0 Å². The van der Waals surface area contributed by atoms with Gasteiger partial charge in [-0.15, -0.1) is 0 Å². The average molecular weight is 328 g/mol. The highest BCUT2D eigenvalue weighted by atomic mass is 16.7. The van der Waals surface area contributed by atoms with Crippen LogP contribution in [0.15, 0.2) is 36.4 Å². The van der Waals surface area contributed by atoms with Crippen LogP contribution in [-0.2, 0) is 16.0 Å². The molecule has 0 aromatic heterocycles. The molecule has 3 N–H and O–H groups in total. The minimum absolute atomic E-state index is 0.174. The zero-order valence-electron chi connectivity index (χ0n) is 13.5. The highest BCUT2D eigenvalue weighted by Crippen LogP contribution is 2.39. The number of hydrogen-bond acceptors (Lipinski definition) is 6. The Labute approximate surface area is 140 Å². The Bertz CT molecular complexity index is 729. The van der Waals surface area contributed by atoms with Crippen LogP contribution in [0, 0.1) is 0 Å². The Hall–Kier alpha value is -2.89. The number of nitrogens with one attached hydrogen (secondary N) is 1. The van der Waals surface area contributed by atoms with Gasteiger partial charge in [-0.25, -0.2) is 0 Å². The standard InChI is InChI=1S/C18H20N2O4/c1-2-18(21)22-8-7-12-3-5-13(6-4-12)20-15-10-17-16(9-14(15)19)23-11-24-17/h3-6,9-10,20H,2,7-8,11,19H2,1H3. The molecule has 0 saturated carbocycles. The number of anilines is 3. The van der Waals surface area contributed by atoms with Crippen molar-refractivity contribution in [3.8, 4) is 11.5 Å². The molecule has 2 aromatic carbocycles. The number of nitrogens with two attached hydrogens (primary N) is 1. The summed E-state index contributed by atoms with van der Waals surface area (Å²) in [6.07, 6.45) is 1.10. The molecule has 1 heterocycles. The van der Waals surface area contributed by atoms with Crippen molar-refractivity contribution >= 4 is 23.0 Å². The second-order valence-corrected chi connectivity index (χ2v) is 5.44. The fraction of sp³-hybridized carbons (Fsp3) is 0.278. The molecule has 0 atom stereocenters. The second-order valence-electron chi connectivity index (χ2n) is 5.44. The topological polar surface area (TPSA) is 82.8 Å². The van der Waals surface area contributed by atoms with E-state index < -0.39 is 0 Å². The molecule has 0 saturated heterocycles. The van der Waals surface area contributed by atoms with Gasteiger partial charge in [0.15, 0.2) is 11.5 Å². The molecule has 0 radical (unpaired) electrons. The van der Waals surface area contributed by atoms with Crippen molar-refractivity contribution in [1.29, 1.82) is 0 Å². The zero-order chi connectivity index (χ0) is 16.9.